The molecule has 1 aliphatic rings. The molecule has 0 fully saturated rings. The van der Waals surface area contributed by atoms with Crippen LogP contribution in [0.4, 0.5) is 5.69 Å². The van der Waals surface area contributed by atoms with Crippen LogP contribution in [0.2, 0.25) is 0 Å². The van der Waals surface area contributed by atoms with Crippen LogP contribution >= 0.6 is 15.9 Å². The largest absolute Gasteiger partial charge is 0.496 e. The highest BCUT2D eigenvalue weighted by Crippen LogP contribution is 2.26. The van der Waals surface area contributed by atoms with Crippen molar-refractivity contribution < 1.29 is 14.3 Å². The van der Waals surface area contributed by atoms with Gasteiger partial charge in [-0.05, 0) is 58.6 Å². The summed E-state index contributed by atoms with van der Waals surface area (Å²) in [5.41, 5.74) is 7.68. The second-order valence-corrected chi connectivity index (χ2v) is 6.86. The van der Waals surface area contributed by atoms with Crippen molar-refractivity contribution in [1.82, 2.24) is 10.9 Å². The first-order chi connectivity index (χ1) is 12.6. The van der Waals surface area contributed by atoms with E-state index < -0.39 is 0 Å². The molecule has 0 atom stereocenters. The first-order valence-electron chi connectivity index (χ1n) is 8.34. The number of anilines is 1. The Bertz CT molecular complexity index is 825. The Morgan fingerprint density at radius 1 is 1.19 bits per heavy atom. The molecule has 2 aromatic carbocycles. The smallest absolute Gasteiger partial charge is 0.269 e. The van der Waals surface area contributed by atoms with Gasteiger partial charge in [0.25, 0.3) is 11.8 Å². The number of hydrazine groups is 1. The summed E-state index contributed by atoms with van der Waals surface area (Å²) < 4.78 is 5.81. The van der Waals surface area contributed by atoms with Crippen molar-refractivity contribution in [3.05, 3.63) is 58.1 Å². The molecule has 0 saturated heterocycles. The third kappa shape index (κ3) is 4.16. The molecule has 0 aliphatic carbocycles. The molecule has 0 bridgehead atoms. The van der Waals surface area contributed by atoms with Gasteiger partial charge in [-0.1, -0.05) is 18.2 Å². The van der Waals surface area contributed by atoms with E-state index in [4.69, 9.17) is 4.74 Å². The Hall–Kier alpha value is -2.54. The van der Waals surface area contributed by atoms with Crippen LogP contribution in [0.1, 0.15) is 22.3 Å². The molecule has 0 saturated carbocycles. The molecule has 2 aromatic rings. The standard InChI is InChI=1S/C19H20BrN3O3/c1-26-17-9-8-14(11-15(17)20)19(25)22-21-18(24)12-23-10-4-6-13-5-2-3-7-16(13)23/h2-3,5,7-9,11H,4,6,10,12H2,1H3,(H,21,24)(H,22,25). The van der Waals surface area contributed by atoms with Gasteiger partial charge in [0.05, 0.1) is 18.1 Å². The fraction of sp³-hybridized carbons (Fsp3) is 0.263. The van der Waals surface area contributed by atoms with Crippen LogP contribution in [-0.4, -0.2) is 32.0 Å². The fourth-order valence-corrected chi connectivity index (χ4v) is 3.54. The quantitative estimate of drug-likeness (QED) is 0.750. The number of rotatable bonds is 4. The van der Waals surface area contributed by atoms with Gasteiger partial charge in [0.2, 0.25) is 0 Å². The minimum absolute atomic E-state index is 0.198. The molecule has 0 unspecified atom stereocenters. The molecule has 6 nitrogen and oxygen atoms in total. The predicted octanol–water partition coefficient (Wildman–Crippen LogP) is 2.67. The summed E-state index contributed by atoms with van der Waals surface area (Å²) in [5, 5.41) is 0. The number of carbonyl (C=O) groups excluding carboxylic acids is 2. The number of nitrogens with zero attached hydrogens (tertiary/aromatic N) is 1. The topological polar surface area (TPSA) is 70.7 Å². The maximum Gasteiger partial charge on any atom is 0.269 e. The summed E-state index contributed by atoms with van der Waals surface area (Å²) in [6.07, 6.45) is 2.04. The minimum Gasteiger partial charge on any atom is -0.496 e. The zero-order chi connectivity index (χ0) is 18.5. The summed E-state index contributed by atoms with van der Waals surface area (Å²) in [5.74, 6) is -0.0160. The van der Waals surface area contributed by atoms with Gasteiger partial charge in [-0.3, -0.25) is 20.4 Å². The lowest BCUT2D eigenvalue weighted by molar-refractivity contribution is -0.120. The Labute approximate surface area is 160 Å². The van der Waals surface area contributed by atoms with Crippen LogP contribution in [-0.2, 0) is 11.2 Å². The highest BCUT2D eigenvalue weighted by molar-refractivity contribution is 9.10. The van der Waals surface area contributed by atoms with Crippen LogP contribution in [0.5, 0.6) is 5.75 Å². The van der Waals surface area contributed by atoms with E-state index in [0.717, 1.165) is 25.1 Å². The van der Waals surface area contributed by atoms with Crippen molar-refractivity contribution in [3.8, 4) is 5.75 Å². The molecule has 136 valence electrons. The first kappa shape index (κ1) is 18.3. The summed E-state index contributed by atoms with van der Waals surface area (Å²) in [6.45, 7) is 1.02. The van der Waals surface area contributed by atoms with Crippen LogP contribution < -0.4 is 20.5 Å². The minimum atomic E-state index is -0.388. The first-order valence-corrected chi connectivity index (χ1v) is 9.13. The monoisotopic (exact) mass is 417 g/mol. The third-order valence-electron chi connectivity index (χ3n) is 4.27. The van der Waals surface area contributed by atoms with Crippen molar-refractivity contribution in [1.29, 1.82) is 0 Å². The molecule has 7 heteroatoms. The molecule has 1 aliphatic heterocycles. The zero-order valence-corrected chi connectivity index (χ0v) is 16.0. The van der Waals surface area contributed by atoms with E-state index in [2.05, 4.69) is 32.8 Å². The molecule has 0 aromatic heterocycles. The van der Waals surface area contributed by atoms with Crippen LogP contribution in [0.15, 0.2) is 46.9 Å². The van der Waals surface area contributed by atoms with E-state index >= 15 is 0 Å². The van der Waals surface area contributed by atoms with Crippen molar-refractivity contribution in [3.63, 3.8) is 0 Å². The summed E-state index contributed by atoms with van der Waals surface area (Å²) in [7, 11) is 1.55. The summed E-state index contributed by atoms with van der Waals surface area (Å²) in [6, 6.07) is 13.0. The number of amides is 2. The van der Waals surface area contributed by atoms with Gasteiger partial charge in [-0.2, -0.15) is 0 Å². The SMILES string of the molecule is COc1ccc(C(=O)NNC(=O)CN2CCCc3ccccc32)cc1Br. The molecule has 0 spiro atoms. The molecular weight excluding hydrogens is 398 g/mol. The average molecular weight is 418 g/mol. The van der Waals surface area contributed by atoms with E-state index in [1.165, 1.54) is 5.56 Å². The molecule has 26 heavy (non-hydrogen) atoms. The zero-order valence-electron chi connectivity index (χ0n) is 14.4. The molecule has 1 heterocycles. The number of fused-ring (bicyclic) bond motifs is 1. The van der Waals surface area contributed by atoms with Crippen LogP contribution in [0, 0.1) is 0 Å². The maximum absolute atomic E-state index is 12.2. The highest BCUT2D eigenvalue weighted by Gasteiger charge is 2.19. The van der Waals surface area contributed by atoms with Gasteiger partial charge in [-0.15, -0.1) is 0 Å². The number of para-hydroxylation sites is 1. The summed E-state index contributed by atoms with van der Waals surface area (Å²) in [4.78, 5) is 26.4. The number of hydrogen-bond donors (Lipinski definition) is 2. The van der Waals surface area contributed by atoms with Crippen molar-refractivity contribution in [2.75, 3.05) is 25.1 Å². The second kappa shape index (κ2) is 8.23. The van der Waals surface area contributed by atoms with Gasteiger partial charge >= 0.3 is 0 Å². The van der Waals surface area contributed by atoms with Gasteiger partial charge in [0.15, 0.2) is 0 Å². The lowest BCUT2D eigenvalue weighted by Gasteiger charge is -2.30. The number of carbonyl (C=O) groups is 2. The van der Waals surface area contributed by atoms with E-state index in [-0.39, 0.29) is 18.4 Å². The van der Waals surface area contributed by atoms with Gasteiger partial charge in [-0.25, -0.2) is 0 Å². The Kier molecular flexibility index (Phi) is 5.78. The lowest BCUT2D eigenvalue weighted by atomic mass is 10.0. The number of ether oxygens (including phenoxy) is 1. The third-order valence-corrected chi connectivity index (χ3v) is 4.89. The van der Waals surface area contributed by atoms with E-state index in [1.807, 2.05) is 23.1 Å². The second-order valence-electron chi connectivity index (χ2n) is 6.01. The Morgan fingerprint density at radius 2 is 2.00 bits per heavy atom. The van der Waals surface area contributed by atoms with Gasteiger partial charge < -0.3 is 9.64 Å². The lowest BCUT2D eigenvalue weighted by Crippen LogP contribution is -2.47. The summed E-state index contributed by atoms with van der Waals surface area (Å²) >= 11 is 3.34. The molecule has 2 N–H and O–H groups in total. The highest BCUT2D eigenvalue weighted by atomic mass is 79.9. The predicted molar refractivity (Wildman–Crippen MR) is 103 cm³/mol. The number of halogens is 1. The molecule has 0 radical (unpaired) electrons. The fourth-order valence-electron chi connectivity index (χ4n) is 2.99. The average Bonchev–Trinajstić information content (AvgIpc) is 2.66. The normalized spacial score (nSPS) is 12.9. The van der Waals surface area contributed by atoms with Crippen LogP contribution in [0.25, 0.3) is 0 Å². The van der Waals surface area contributed by atoms with E-state index in [9.17, 15) is 9.59 Å². The number of benzene rings is 2. The number of aryl methyl sites for hydroxylation is 1. The Balaban J connectivity index is 1.56. The molecular formula is C19H20BrN3O3. The Morgan fingerprint density at radius 3 is 2.77 bits per heavy atom. The van der Waals surface area contributed by atoms with E-state index in [1.54, 1.807) is 25.3 Å². The van der Waals surface area contributed by atoms with E-state index in [0.29, 0.717) is 15.8 Å². The van der Waals surface area contributed by atoms with Crippen molar-refractivity contribution in [2.45, 2.75) is 12.8 Å². The number of nitrogens with one attached hydrogen (secondary N) is 2. The van der Waals surface area contributed by atoms with Gasteiger partial charge in [0, 0.05) is 17.8 Å². The number of hydrogen-bond acceptors (Lipinski definition) is 4. The maximum atomic E-state index is 12.2. The van der Waals surface area contributed by atoms with Crippen LogP contribution in [0.3, 0.4) is 0 Å². The van der Waals surface area contributed by atoms with Crippen molar-refractivity contribution >= 4 is 33.4 Å². The van der Waals surface area contributed by atoms with Crippen molar-refractivity contribution in [2.24, 2.45) is 0 Å². The molecule has 2 amide bonds. The molecule has 3 rings (SSSR count). The van der Waals surface area contributed by atoms with Gasteiger partial charge in [0.1, 0.15) is 5.75 Å². The number of methoxy groups -OCH3 is 1.